The van der Waals surface area contributed by atoms with E-state index < -0.39 is 6.04 Å². The van der Waals surface area contributed by atoms with Crippen molar-refractivity contribution >= 4 is 23.2 Å². The SMILES string of the molecule is CC[C@@H](C)c1ccccc1NC(=O)[C@H](C)N(CC)CC(=O)Nc1ccc(OC)cc1. The van der Waals surface area contributed by atoms with Crippen molar-refractivity contribution in [1.82, 2.24) is 4.90 Å². The molecule has 2 atom stereocenters. The van der Waals surface area contributed by atoms with Gasteiger partial charge in [0.1, 0.15) is 5.75 Å². The lowest BCUT2D eigenvalue weighted by atomic mass is 9.97. The average molecular weight is 412 g/mol. The maximum Gasteiger partial charge on any atom is 0.241 e. The Morgan fingerprint density at radius 3 is 2.27 bits per heavy atom. The van der Waals surface area contributed by atoms with E-state index in [4.69, 9.17) is 4.74 Å². The van der Waals surface area contributed by atoms with Gasteiger partial charge >= 0.3 is 0 Å². The number of carbonyl (C=O) groups excluding carboxylic acids is 2. The number of rotatable bonds is 10. The van der Waals surface area contributed by atoms with Crippen LogP contribution in [0.2, 0.25) is 0 Å². The van der Waals surface area contributed by atoms with Crippen LogP contribution in [0.3, 0.4) is 0 Å². The van der Waals surface area contributed by atoms with Crippen molar-refractivity contribution in [1.29, 1.82) is 0 Å². The number of benzene rings is 2. The second-order valence-electron chi connectivity index (χ2n) is 7.40. The Kier molecular flexibility index (Phi) is 8.87. The molecule has 2 aromatic rings. The van der Waals surface area contributed by atoms with Crippen molar-refractivity contribution in [2.75, 3.05) is 30.8 Å². The number of para-hydroxylation sites is 1. The largest absolute Gasteiger partial charge is 0.497 e. The van der Waals surface area contributed by atoms with Crippen LogP contribution in [0.5, 0.6) is 5.75 Å². The maximum absolute atomic E-state index is 12.9. The van der Waals surface area contributed by atoms with E-state index in [2.05, 4.69) is 24.5 Å². The first kappa shape index (κ1) is 23.4. The highest BCUT2D eigenvalue weighted by molar-refractivity contribution is 5.96. The number of likely N-dealkylation sites (N-methyl/N-ethyl adjacent to an activating group) is 1. The molecule has 0 aromatic heterocycles. The van der Waals surface area contributed by atoms with Crippen LogP contribution in [-0.4, -0.2) is 43.0 Å². The van der Waals surface area contributed by atoms with Gasteiger partial charge in [-0.15, -0.1) is 0 Å². The maximum atomic E-state index is 12.9. The Morgan fingerprint density at radius 1 is 1.00 bits per heavy atom. The van der Waals surface area contributed by atoms with E-state index in [0.29, 0.717) is 18.2 Å². The molecule has 30 heavy (non-hydrogen) atoms. The van der Waals surface area contributed by atoms with Crippen molar-refractivity contribution in [3.63, 3.8) is 0 Å². The third kappa shape index (κ3) is 6.32. The fourth-order valence-electron chi connectivity index (χ4n) is 3.25. The minimum Gasteiger partial charge on any atom is -0.497 e. The molecule has 0 heterocycles. The van der Waals surface area contributed by atoms with E-state index in [-0.39, 0.29) is 18.4 Å². The molecule has 0 bridgehead atoms. The molecule has 0 aliphatic rings. The number of nitrogens with one attached hydrogen (secondary N) is 2. The quantitative estimate of drug-likeness (QED) is 0.604. The molecule has 2 N–H and O–H groups in total. The Balaban J connectivity index is 2.00. The van der Waals surface area contributed by atoms with E-state index in [1.54, 1.807) is 31.4 Å². The third-order valence-electron chi connectivity index (χ3n) is 5.42. The zero-order valence-electron chi connectivity index (χ0n) is 18.6. The van der Waals surface area contributed by atoms with Gasteiger partial charge in [-0.1, -0.05) is 39.0 Å². The monoisotopic (exact) mass is 411 g/mol. The number of amides is 2. The standard InChI is InChI=1S/C24H33N3O3/c1-6-17(3)21-10-8-9-11-22(21)26-24(29)18(4)27(7-2)16-23(28)25-19-12-14-20(30-5)15-13-19/h8-15,17-18H,6-7,16H2,1-5H3,(H,25,28)(H,26,29)/t17-,18+/m1/s1. The van der Waals surface area contributed by atoms with Crippen molar-refractivity contribution in [3.05, 3.63) is 54.1 Å². The predicted octanol–water partition coefficient (Wildman–Crippen LogP) is 4.50. The van der Waals surface area contributed by atoms with Crippen LogP contribution in [0, 0.1) is 0 Å². The summed E-state index contributed by atoms with van der Waals surface area (Å²) in [5.74, 6) is 0.798. The molecular formula is C24H33N3O3. The number of nitrogens with zero attached hydrogens (tertiary/aromatic N) is 1. The summed E-state index contributed by atoms with van der Waals surface area (Å²) in [5, 5.41) is 5.92. The zero-order chi connectivity index (χ0) is 22.1. The first-order valence-electron chi connectivity index (χ1n) is 10.5. The first-order chi connectivity index (χ1) is 14.4. The van der Waals surface area contributed by atoms with Crippen LogP contribution in [0.4, 0.5) is 11.4 Å². The molecule has 0 fully saturated rings. The second-order valence-corrected chi connectivity index (χ2v) is 7.40. The summed E-state index contributed by atoms with van der Waals surface area (Å²) in [6.45, 7) is 8.76. The van der Waals surface area contributed by atoms with E-state index in [9.17, 15) is 9.59 Å². The predicted molar refractivity (Wildman–Crippen MR) is 122 cm³/mol. The lowest BCUT2D eigenvalue weighted by Gasteiger charge is -2.27. The molecule has 2 amide bonds. The molecule has 162 valence electrons. The lowest BCUT2D eigenvalue weighted by molar-refractivity contribution is -0.123. The second kappa shape index (κ2) is 11.4. The Labute approximate surface area is 179 Å². The van der Waals surface area contributed by atoms with Crippen LogP contribution in [0.1, 0.15) is 45.6 Å². The summed E-state index contributed by atoms with van der Waals surface area (Å²) in [6, 6.07) is 14.6. The third-order valence-corrected chi connectivity index (χ3v) is 5.42. The number of hydrogen-bond donors (Lipinski definition) is 2. The van der Waals surface area contributed by atoms with E-state index in [1.165, 1.54) is 0 Å². The van der Waals surface area contributed by atoms with Crippen LogP contribution < -0.4 is 15.4 Å². The highest BCUT2D eigenvalue weighted by atomic mass is 16.5. The van der Waals surface area contributed by atoms with Crippen molar-refractivity contribution < 1.29 is 14.3 Å². The number of anilines is 2. The van der Waals surface area contributed by atoms with Crippen LogP contribution in [0.15, 0.2) is 48.5 Å². The van der Waals surface area contributed by atoms with Crippen LogP contribution in [0.25, 0.3) is 0 Å². The molecule has 0 unspecified atom stereocenters. The Morgan fingerprint density at radius 2 is 1.67 bits per heavy atom. The van der Waals surface area contributed by atoms with Crippen molar-refractivity contribution in [2.45, 2.75) is 46.1 Å². The lowest BCUT2D eigenvalue weighted by Crippen LogP contribution is -2.45. The normalized spacial score (nSPS) is 12.9. The molecule has 6 heteroatoms. The molecular weight excluding hydrogens is 378 g/mol. The summed E-state index contributed by atoms with van der Waals surface area (Å²) in [6.07, 6.45) is 0.995. The number of methoxy groups -OCH3 is 1. The molecule has 0 saturated carbocycles. The van der Waals surface area contributed by atoms with Crippen molar-refractivity contribution in [2.24, 2.45) is 0 Å². The van der Waals surface area contributed by atoms with Crippen molar-refractivity contribution in [3.8, 4) is 5.75 Å². The highest BCUT2D eigenvalue weighted by Crippen LogP contribution is 2.26. The van der Waals surface area contributed by atoms with Gasteiger partial charge in [-0.3, -0.25) is 14.5 Å². The number of hydrogen-bond acceptors (Lipinski definition) is 4. The first-order valence-corrected chi connectivity index (χ1v) is 10.5. The molecule has 0 aliphatic carbocycles. The summed E-state index contributed by atoms with van der Waals surface area (Å²) in [7, 11) is 1.60. The summed E-state index contributed by atoms with van der Waals surface area (Å²) in [5.41, 5.74) is 2.65. The summed E-state index contributed by atoms with van der Waals surface area (Å²) < 4.78 is 5.13. The average Bonchev–Trinajstić information content (AvgIpc) is 2.77. The fourth-order valence-corrected chi connectivity index (χ4v) is 3.25. The van der Waals surface area contributed by atoms with Crippen LogP contribution in [-0.2, 0) is 9.59 Å². The molecule has 0 spiro atoms. The Bertz CT molecular complexity index is 836. The van der Waals surface area contributed by atoms with Gasteiger partial charge in [0.15, 0.2) is 0 Å². The fraction of sp³-hybridized carbons (Fsp3) is 0.417. The number of ether oxygens (including phenoxy) is 1. The topological polar surface area (TPSA) is 70.7 Å². The van der Waals surface area contributed by atoms with Gasteiger partial charge in [-0.05, 0) is 61.7 Å². The van der Waals surface area contributed by atoms with E-state index in [0.717, 1.165) is 23.4 Å². The number of carbonyl (C=O) groups is 2. The highest BCUT2D eigenvalue weighted by Gasteiger charge is 2.23. The molecule has 0 aliphatic heterocycles. The van der Waals surface area contributed by atoms with Gasteiger partial charge < -0.3 is 15.4 Å². The van der Waals surface area contributed by atoms with Gasteiger partial charge in [0.25, 0.3) is 0 Å². The minimum absolute atomic E-state index is 0.121. The zero-order valence-corrected chi connectivity index (χ0v) is 18.6. The smallest absolute Gasteiger partial charge is 0.241 e. The summed E-state index contributed by atoms with van der Waals surface area (Å²) >= 11 is 0. The van der Waals surface area contributed by atoms with Gasteiger partial charge in [0.2, 0.25) is 11.8 Å². The minimum atomic E-state index is -0.443. The van der Waals surface area contributed by atoms with Gasteiger partial charge in [-0.2, -0.15) is 0 Å². The molecule has 2 aromatic carbocycles. The Hall–Kier alpha value is -2.86. The molecule has 0 saturated heterocycles. The molecule has 0 radical (unpaired) electrons. The van der Waals surface area contributed by atoms with Gasteiger partial charge in [0.05, 0.1) is 19.7 Å². The van der Waals surface area contributed by atoms with Gasteiger partial charge in [-0.25, -0.2) is 0 Å². The molecule has 2 rings (SSSR count). The van der Waals surface area contributed by atoms with Gasteiger partial charge in [0, 0.05) is 11.4 Å². The van der Waals surface area contributed by atoms with E-state index in [1.807, 2.05) is 43.0 Å². The van der Waals surface area contributed by atoms with Crippen LogP contribution >= 0.6 is 0 Å². The summed E-state index contributed by atoms with van der Waals surface area (Å²) in [4.78, 5) is 27.2. The molecule has 6 nitrogen and oxygen atoms in total. The van der Waals surface area contributed by atoms with E-state index >= 15 is 0 Å².